The van der Waals surface area contributed by atoms with Crippen LogP contribution in [0, 0.1) is 18.8 Å². The minimum atomic E-state index is -0.267. The number of carbonyl (C=O) groups excluding carboxylic acids is 1. The standard InChI is InChI=1S/C15H16N4O2/c1-11-6-7-13(9-12(11)5-3-4-8-20)14(21)18-15-16-10-17-19(15)2/h6-7,9-10,20H,4,8H2,1-2H3,(H,16,17,18,21). The van der Waals surface area contributed by atoms with E-state index in [0.29, 0.717) is 17.9 Å². The van der Waals surface area contributed by atoms with Crippen LogP contribution >= 0.6 is 0 Å². The van der Waals surface area contributed by atoms with E-state index >= 15 is 0 Å². The van der Waals surface area contributed by atoms with Crippen molar-refractivity contribution in [1.82, 2.24) is 14.8 Å². The molecule has 0 saturated carbocycles. The molecule has 6 heteroatoms. The van der Waals surface area contributed by atoms with Crippen LogP contribution in [0.2, 0.25) is 0 Å². The summed E-state index contributed by atoms with van der Waals surface area (Å²) in [5.41, 5.74) is 2.25. The summed E-state index contributed by atoms with van der Waals surface area (Å²) in [5, 5.41) is 15.3. The van der Waals surface area contributed by atoms with Gasteiger partial charge >= 0.3 is 0 Å². The molecule has 0 spiro atoms. The maximum atomic E-state index is 12.2. The van der Waals surface area contributed by atoms with Gasteiger partial charge < -0.3 is 5.11 Å². The number of aliphatic hydroxyl groups is 1. The first-order valence-electron chi connectivity index (χ1n) is 6.47. The quantitative estimate of drug-likeness (QED) is 0.827. The molecule has 21 heavy (non-hydrogen) atoms. The summed E-state index contributed by atoms with van der Waals surface area (Å²) in [7, 11) is 1.70. The average molecular weight is 284 g/mol. The van der Waals surface area contributed by atoms with Crippen LogP contribution in [0.5, 0.6) is 0 Å². The van der Waals surface area contributed by atoms with Gasteiger partial charge in [0.25, 0.3) is 5.91 Å². The zero-order valence-electron chi connectivity index (χ0n) is 11.9. The van der Waals surface area contributed by atoms with Crippen molar-refractivity contribution in [3.63, 3.8) is 0 Å². The van der Waals surface area contributed by atoms with Gasteiger partial charge in [-0.15, -0.1) is 0 Å². The van der Waals surface area contributed by atoms with Crippen LogP contribution in [0.15, 0.2) is 24.5 Å². The van der Waals surface area contributed by atoms with E-state index in [1.165, 1.54) is 11.0 Å². The van der Waals surface area contributed by atoms with E-state index in [0.717, 1.165) is 11.1 Å². The van der Waals surface area contributed by atoms with E-state index in [-0.39, 0.29) is 12.5 Å². The topological polar surface area (TPSA) is 80.0 Å². The maximum absolute atomic E-state index is 12.2. The van der Waals surface area contributed by atoms with Gasteiger partial charge in [0.1, 0.15) is 6.33 Å². The van der Waals surface area contributed by atoms with Gasteiger partial charge in [-0.2, -0.15) is 10.1 Å². The van der Waals surface area contributed by atoms with Crippen LogP contribution < -0.4 is 5.32 Å². The van der Waals surface area contributed by atoms with Crippen LogP contribution in [-0.4, -0.2) is 32.4 Å². The molecule has 2 N–H and O–H groups in total. The van der Waals surface area contributed by atoms with Crippen LogP contribution in [0.3, 0.4) is 0 Å². The lowest BCUT2D eigenvalue weighted by molar-refractivity contribution is 0.102. The lowest BCUT2D eigenvalue weighted by Crippen LogP contribution is -2.15. The van der Waals surface area contributed by atoms with Crippen molar-refractivity contribution in [1.29, 1.82) is 0 Å². The zero-order valence-corrected chi connectivity index (χ0v) is 11.9. The molecule has 2 rings (SSSR count). The van der Waals surface area contributed by atoms with Crippen LogP contribution in [0.1, 0.15) is 27.9 Å². The van der Waals surface area contributed by atoms with Crippen molar-refractivity contribution < 1.29 is 9.90 Å². The molecular weight excluding hydrogens is 268 g/mol. The van der Waals surface area contributed by atoms with Gasteiger partial charge in [0.2, 0.25) is 5.95 Å². The number of amides is 1. The van der Waals surface area contributed by atoms with Crippen molar-refractivity contribution in [3.05, 3.63) is 41.2 Å². The molecule has 0 atom stereocenters. The monoisotopic (exact) mass is 284 g/mol. The Morgan fingerprint density at radius 3 is 2.95 bits per heavy atom. The number of hydrogen-bond donors (Lipinski definition) is 2. The molecule has 1 heterocycles. The molecule has 0 aliphatic rings. The lowest BCUT2D eigenvalue weighted by Gasteiger charge is -2.06. The van der Waals surface area contributed by atoms with Crippen LogP contribution in [0.4, 0.5) is 5.95 Å². The normalized spacial score (nSPS) is 9.86. The maximum Gasteiger partial charge on any atom is 0.258 e. The average Bonchev–Trinajstić information content (AvgIpc) is 2.86. The Labute approximate surface area is 122 Å². The van der Waals surface area contributed by atoms with E-state index in [9.17, 15) is 4.79 Å². The van der Waals surface area contributed by atoms with E-state index in [2.05, 4.69) is 27.2 Å². The number of aliphatic hydroxyl groups excluding tert-OH is 1. The van der Waals surface area contributed by atoms with Gasteiger partial charge in [0, 0.05) is 24.6 Å². The van der Waals surface area contributed by atoms with Gasteiger partial charge in [0.15, 0.2) is 0 Å². The van der Waals surface area contributed by atoms with Gasteiger partial charge in [-0.1, -0.05) is 17.9 Å². The molecule has 0 saturated heterocycles. The molecule has 1 aromatic carbocycles. The Kier molecular flexibility index (Phi) is 4.69. The third-order valence-electron chi connectivity index (χ3n) is 2.90. The Morgan fingerprint density at radius 1 is 1.48 bits per heavy atom. The summed E-state index contributed by atoms with van der Waals surface area (Å²) in [5.74, 6) is 5.93. The van der Waals surface area contributed by atoms with Gasteiger partial charge in [0.05, 0.1) is 6.61 Å². The molecule has 6 nitrogen and oxygen atoms in total. The molecule has 0 aliphatic carbocycles. The van der Waals surface area contributed by atoms with Crippen LogP contribution in [0.25, 0.3) is 0 Å². The summed E-state index contributed by atoms with van der Waals surface area (Å²) in [6.45, 7) is 1.95. The largest absolute Gasteiger partial charge is 0.395 e. The number of aryl methyl sites for hydroxylation is 2. The zero-order chi connectivity index (χ0) is 15.2. The highest BCUT2D eigenvalue weighted by Crippen LogP contribution is 2.12. The molecule has 1 amide bonds. The SMILES string of the molecule is Cc1ccc(C(=O)Nc2ncnn2C)cc1C#CCCO. The second kappa shape index (κ2) is 6.68. The Balaban J connectivity index is 2.20. The Hall–Kier alpha value is -2.65. The third-order valence-corrected chi connectivity index (χ3v) is 2.90. The fraction of sp³-hybridized carbons (Fsp3) is 0.267. The lowest BCUT2D eigenvalue weighted by atomic mass is 10.0. The van der Waals surface area contributed by atoms with Crippen molar-refractivity contribution in [2.24, 2.45) is 7.05 Å². The summed E-state index contributed by atoms with van der Waals surface area (Å²) >= 11 is 0. The Bertz CT molecular complexity index is 710. The fourth-order valence-electron chi connectivity index (χ4n) is 1.69. The number of carbonyl (C=O) groups is 1. The molecule has 0 aliphatic heterocycles. The first-order chi connectivity index (χ1) is 10.1. The molecule has 2 aromatic rings. The van der Waals surface area contributed by atoms with E-state index in [4.69, 9.17) is 5.11 Å². The molecule has 108 valence electrons. The van der Waals surface area contributed by atoms with Gasteiger partial charge in [-0.05, 0) is 24.6 Å². The highest BCUT2D eigenvalue weighted by Gasteiger charge is 2.10. The first kappa shape index (κ1) is 14.8. The molecular formula is C15H16N4O2. The highest BCUT2D eigenvalue weighted by atomic mass is 16.2. The molecule has 0 unspecified atom stereocenters. The van der Waals surface area contributed by atoms with E-state index < -0.39 is 0 Å². The minimum Gasteiger partial charge on any atom is -0.395 e. The highest BCUT2D eigenvalue weighted by molar-refractivity contribution is 6.03. The van der Waals surface area contributed by atoms with Gasteiger partial charge in [-0.3, -0.25) is 10.1 Å². The Morgan fingerprint density at radius 2 is 2.29 bits per heavy atom. The molecule has 1 aromatic heterocycles. The first-order valence-corrected chi connectivity index (χ1v) is 6.47. The number of nitrogens with one attached hydrogen (secondary N) is 1. The summed E-state index contributed by atoms with van der Waals surface area (Å²) in [6.07, 6.45) is 1.78. The summed E-state index contributed by atoms with van der Waals surface area (Å²) < 4.78 is 1.48. The third kappa shape index (κ3) is 3.68. The molecule has 0 fully saturated rings. The predicted molar refractivity (Wildman–Crippen MR) is 78.7 cm³/mol. The van der Waals surface area contributed by atoms with Gasteiger partial charge in [-0.25, -0.2) is 4.68 Å². The van der Waals surface area contributed by atoms with Crippen molar-refractivity contribution >= 4 is 11.9 Å². The predicted octanol–water partition coefficient (Wildman–Crippen LogP) is 1.11. The van der Waals surface area contributed by atoms with Crippen LogP contribution in [-0.2, 0) is 7.05 Å². The summed E-state index contributed by atoms with van der Waals surface area (Å²) in [6, 6.07) is 5.30. The van der Waals surface area contributed by atoms with Crippen molar-refractivity contribution in [3.8, 4) is 11.8 Å². The van der Waals surface area contributed by atoms with Crippen molar-refractivity contribution in [2.45, 2.75) is 13.3 Å². The molecule has 0 bridgehead atoms. The number of anilines is 1. The summed E-state index contributed by atoms with van der Waals surface area (Å²) in [4.78, 5) is 16.1. The van der Waals surface area contributed by atoms with E-state index in [1.54, 1.807) is 19.2 Å². The van der Waals surface area contributed by atoms with E-state index in [1.807, 2.05) is 13.0 Å². The second-order valence-corrected chi connectivity index (χ2v) is 4.47. The number of aromatic nitrogens is 3. The minimum absolute atomic E-state index is 0.0262. The number of benzene rings is 1. The molecule has 0 radical (unpaired) electrons. The number of hydrogen-bond acceptors (Lipinski definition) is 4. The number of rotatable bonds is 3. The van der Waals surface area contributed by atoms with Crippen molar-refractivity contribution in [2.75, 3.05) is 11.9 Å². The smallest absolute Gasteiger partial charge is 0.258 e. The second-order valence-electron chi connectivity index (χ2n) is 4.47. The number of nitrogens with zero attached hydrogens (tertiary/aromatic N) is 3. The fourth-order valence-corrected chi connectivity index (χ4v) is 1.69.